The van der Waals surface area contributed by atoms with Crippen LogP contribution in [0.25, 0.3) is 0 Å². The number of carbonyl (C=O) groups excluding carboxylic acids is 1. The molecule has 0 radical (unpaired) electrons. The van der Waals surface area contributed by atoms with Crippen LogP contribution in [0.15, 0.2) is 34.7 Å². The summed E-state index contributed by atoms with van der Waals surface area (Å²) < 4.78 is 10.8. The number of fused-ring (bicyclic) bond motifs is 1. The van der Waals surface area contributed by atoms with Crippen molar-refractivity contribution in [3.63, 3.8) is 0 Å². The quantitative estimate of drug-likeness (QED) is 0.899. The Labute approximate surface area is 116 Å². The van der Waals surface area contributed by atoms with E-state index in [4.69, 9.17) is 9.15 Å². The number of rotatable bonds is 3. The minimum Gasteiger partial charge on any atom is -0.482 e. The summed E-state index contributed by atoms with van der Waals surface area (Å²) in [6.07, 6.45) is -0.0831. The van der Waals surface area contributed by atoms with Gasteiger partial charge in [0.25, 0.3) is 5.91 Å². The van der Waals surface area contributed by atoms with Gasteiger partial charge in [-0.25, -0.2) is 0 Å². The number of ether oxygens (including phenoxy) is 1. The number of aryl methyl sites for hydroxylation is 1. The number of hydrogen-bond donors (Lipinski definition) is 2. The van der Waals surface area contributed by atoms with E-state index < -0.39 is 6.10 Å². The van der Waals surface area contributed by atoms with Crippen LogP contribution < -0.4 is 10.1 Å². The van der Waals surface area contributed by atoms with E-state index in [9.17, 15) is 9.90 Å². The van der Waals surface area contributed by atoms with Gasteiger partial charge in [-0.1, -0.05) is 13.0 Å². The Morgan fingerprint density at radius 3 is 2.95 bits per heavy atom. The Bertz CT molecular complexity index is 647. The summed E-state index contributed by atoms with van der Waals surface area (Å²) in [6.45, 7) is 2.01. The maximum atomic E-state index is 11.3. The largest absolute Gasteiger partial charge is 0.482 e. The van der Waals surface area contributed by atoms with Crippen molar-refractivity contribution in [2.24, 2.45) is 0 Å². The number of furan rings is 1. The number of anilines is 1. The van der Waals surface area contributed by atoms with Gasteiger partial charge in [0, 0.05) is 6.42 Å². The van der Waals surface area contributed by atoms with Gasteiger partial charge in [-0.15, -0.1) is 0 Å². The van der Waals surface area contributed by atoms with Gasteiger partial charge in [0.15, 0.2) is 6.61 Å². The second kappa shape index (κ2) is 5.02. The monoisotopic (exact) mass is 273 g/mol. The van der Waals surface area contributed by atoms with Crippen LogP contribution in [0.4, 0.5) is 5.69 Å². The van der Waals surface area contributed by atoms with E-state index in [1.165, 1.54) is 0 Å². The molecule has 0 saturated heterocycles. The second-order valence-electron chi connectivity index (χ2n) is 4.65. The van der Waals surface area contributed by atoms with Crippen molar-refractivity contribution >= 4 is 11.6 Å². The first-order valence-electron chi connectivity index (χ1n) is 6.50. The molecule has 5 heteroatoms. The Hall–Kier alpha value is -2.27. The molecule has 0 aliphatic carbocycles. The van der Waals surface area contributed by atoms with Crippen molar-refractivity contribution in [3.05, 3.63) is 47.4 Å². The predicted molar refractivity (Wildman–Crippen MR) is 72.7 cm³/mol. The molecule has 1 unspecified atom stereocenters. The van der Waals surface area contributed by atoms with Gasteiger partial charge in [-0.2, -0.15) is 0 Å². The smallest absolute Gasteiger partial charge is 0.262 e. The average molecular weight is 273 g/mol. The molecule has 1 aromatic heterocycles. The molecule has 3 rings (SSSR count). The molecule has 1 aliphatic heterocycles. The van der Waals surface area contributed by atoms with Gasteiger partial charge >= 0.3 is 0 Å². The summed E-state index contributed by atoms with van der Waals surface area (Å²) in [5.74, 6) is 1.73. The molecule has 104 valence electrons. The van der Waals surface area contributed by atoms with E-state index in [0.717, 1.165) is 12.2 Å². The molecule has 2 heterocycles. The second-order valence-corrected chi connectivity index (χ2v) is 4.65. The molecule has 0 saturated carbocycles. The number of nitrogens with one attached hydrogen (secondary N) is 1. The van der Waals surface area contributed by atoms with Crippen LogP contribution in [0.5, 0.6) is 5.75 Å². The zero-order valence-electron chi connectivity index (χ0n) is 11.1. The summed E-state index contributed by atoms with van der Waals surface area (Å²) >= 11 is 0. The lowest BCUT2D eigenvalue weighted by Gasteiger charge is -2.19. The molecule has 20 heavy (non-hydrogen) atoms. The highest BCUT2D eigenvalue weighted by Gasteiger charge is 2.20. The summed E-state index contributed by atoms with van der Waals surface area (Å²) in [7, 11) is 0. The van der Waals surface area contributed by atoms with Crippen molar-refractivity contribution in [1.82, 2.24) is 0 Å². The first-order valence-corrected chi connectivity index (χ1v) is 6.50. The Morgan fingerprint density at radius 1 is 1.35 bits per heavy atom. The zero-order chi connectivity index (χ0) is 14.1. The number of aliphatic hydroxyl groups excluding tert-OH is 1. The molecule has 0 spiro atoms. The Kier molecular flexibility index (Phi) is 3.20. The summed E-state index contributed by atoms with van der Waals surface area (Å²) in [6, 6.07) is 8.80. The molecule has 2 aromatic rings. The minimum absolute atomic E-state index is 0.0208. The van der Waals surface area contributed by atoms with Crippen LogP contribution >= 0.6 is 0 Å². The third-order valence-corrected chi connectivity index (χ3v) is 3.25. The van der Waals surface area contributed by atoms with Crippen LogP contribution in [0.1, 0.15) is 30.1 Å². The first-order chi connectivity index (χ1) is 9.67. The van der Waals surface area contributed by atoms with Crippen molar-refractivity contribution in [2.45, 2.75) is 19.4 Å². The van der Waals surface area contributed by atoms with E-state index in [0.29, 0.717) is 22.8 Å². The van der Waals surface area contributed by atoms with Crippen LogP contribution in [0.3, 0.4) is 0 Å². The van der Waals surface area contributed by atoms with Crippen LogP contribution in [-0.2, 0) is 11.2 Å². The molecular formula is C15H15NO4. The Morgan fingerprint density at radius 2 is 2.20 bits per heavy atom. The van der Waals surface area contributed by atoms with Crippen LogP contribution in [0.2, 0.25) is 0 Å². The number of benzene rings is 1. The lowest BCUT2D eigenvalue weighted by atomic mass is 10.1. The molecule has 1 amide bonds. The van der Waals surface area contributed by atoms with Crippen molar-refractivity contribution in [3.8, 4) is 5.75 Å². The van der Waals surface area contributed by atoms with Crippen molar-refractivity contribution in [1.29, 1.82) is 0 Å². The van der Waals surface area contributed by atoms with Gasteiger partial charge < -0.3 is 19.6 Å². The zero-order valence-corrected chi connectivity index (χ0v) is 11.1. The first kappa shape index (κ1) is 12.7. The molecular weight excluding hydrogens is 258 g/mol. The summed E-state index contributed by atoms with van der Waals surface area (Å²) in [5.41, 5.74) is 1.21. The lowest BCUT2D eigenvalue weighted by molar-refractivity contribution is -0.118. The SMILES string of the molecule is CCc1ccc(C(O)c2ccc3c(c2)NC(=O)CO3)o1. The fraction of sp³-hybridized carbons (Fsp3) is 0.267. The topological polar surface area (TPSA) is 71.7 Å². The predicted octanol–water partition coefficient (Wildman–Crippen LogP) is 2.25. The van der Waals surface area contributed by atoms with E-state index in [2.05, 4.69) is 5.32 Å². The van der Waals surface area contributed by atoms with Gasteiger partial charge in [-0.3, -0.25) is 4.79 Å². The fourth-order valence-corrected chi connectivity index (χ4v) is 2.17. The number of hydrogen-bond acceptors (Lipinski definition) is 4. The van der Waals surface area contributed by atoms with E-state index in [1.807, 2.05) is 13.0 Å². The highest BCUT2D eigenvalue weighted by atomic mass is 16.5. The van der Waals surface area contributed by atoms with Crippen LogP contribution in [0, 0.1) is 0 Å². The molecule has 2 N–H and O–H groups in total. The summed E-state index contributed by atoms with van der Waals surface area (Å²) in [4.78, 5) is 11.3. The van der Waals surface area contributed by atoms with Crippen molar-refractivity contribution < 1.29 is 19.1 Å². The highest BCUT2D eigenvalue weighted by molar-refractivity contribution is 5.95. The maximum absolute atomic E-state index is 11.3. The molecule has 1 atom stereocenters. The third kappa shape index (κ3) is 2.28. The van der Waals surface area contributed by atoms with Crippen molar-refractivity contribution in [2.75, 3.05) is 11.9 Å². The molecule has 0 fully saturated rings. The molecule has 0 bridgehead atoms. The number of aliphatic hydroxyl groups is 1. The molecule has 1 aliphatic rings. The van der Waals surface area contributed by atoms with Gasteiger partial charge in [0.2, 0.25) is 0 Å². The minimum atomic E-state index is -0.862. The lowest BCUT2D eigenvalue weighted by Crippen LogP contribution is -2.25. The third-order valence-electron chi connectivity index (χ3n) is 3.25. The standard InChI is InChI=1S/C15H15NO4/c1-2-10-4-6-13(20-10)15(18)9-3-5-12-11(7-9)16-14(17)8-19-12/h3-7,15,18H,2,8H2,1H3,(H,16,17). The maximum Gasteiger partial charge on any atom is 0.262 e. The highest BCUT2D eigenvalue weighted by Crippen LogP contribution is 2.33. The van der Waals surface area contributed by atoms with E-state index in [1.54, 1.807) is 24.3 Å². The van der Waals surface area contributed by atoms with Gasteiger partial charge in [0.05, 0.1) is 5.69 Å². The number of carbonyl (C=O) groups is 1. The van der Waals surface area contributed by atoms with Gasteiger partial charge in [-0.05, 0) is 29.8 Å². The normalized spacial score (nSPS) is 15.2. The summed E-state index contributed by atoms with van der Waals surface area (Å²) in [5, 5.41) is 13.0. The van der Waals surface area contributed by atoms with E-state index in [-0.39, 0.29) is 12.5 Å². The Balaban J connectivity index is 1.90. The average Bonchev–Trinajstić information content (AvgIpc) is 2.94. The fourth-order valence-electron chi connectivity index (χ4n) is 2.17. The van der Waals surface area contributed by atoms with Gasteiger partial charge in [0.1, 0.15) is 23.4 Å². The number of amides is 1. The van der Waals surface area contributed by atoms with E-state index >= 15 is 0 Å². The molecule has 5 nitrogen and oxygen atoms in total. The van der Waals surface area contributed by atoms with Crippen LogP contribution in [-0.4, -0.2) is 17.6 Å². The molecule has 1 aromatic carbocycles.